The molecule has 2 N–H and O–H groups in total. The Labute approximate surface area is 165 Å². The Morgan fingerprint density at radius 3 is 2.45 bits per heavy atom. The molecule has 1 aromatic carbocycles. The smallest absolute Gasteiger partial charge is 0.395 e. The molecule has 0 aliphatic carbocycles. The highest BCUT2D eigenvalue weighted by Gasteiger charge is 2.32. The average Bonchev–Trinajstić information content (AvgIpc) is 2.67. The van der Waals surface area contributed by atoms with Crippen LogP contribution in [0.25, 0.3) is 11.1 Å². The third-order valence-electron chi connectivity index (χ3n) is 4.03. The molecule has 0 saturated carbocycles. The fourth-order valence-corrected chi connectivity index (χ4v) is 2.65. The first-order valence-electron chi connectivity index (χ1n) is 8.69. The summed E-state index contributed by atoms with van der Waals surface area (Å²) in [5, 5.41) is 11.8. The Morgan fingerprint density at radius 2 is 1.79 bits per heavy atom. The standard InChI is InChI=1S/C19H19F3N6O/c1-12-7-13(14-10-24-18(25-11-14)28(2)5-6-29)9-15(8-12)26-17-23-4-3-16(27-17)19(20,21)22/h3-4,7-11,29H,5-6H2,1-2H3,(H,23,26,27). The number of hydrogen-bond acceptors (Lipinski definition) is 7. The maximum atomic E-state index is 12.8. The van der Waals surface area contributed by atoms with Crippen molar-refractivity contribution >= 4 is 17.6 Å². The zero-order valence-electron chi connectivity index (χ0n) is 15.8. The molecule has 3 rings (SSSR count). The predicted octanol–water partition coefficient (Wildman–Crippen LogP) is 3.43. The van der Waals surface area contributed by atoms with E-state index in [0.717, 1.165) is 29.0 Å². The van der Waals surface area contributed by atoms with Crippen LogP contribution >= 0.6 is 0 Å². The minimum Gasteiger partial charge on any atom is -0.395 e. The summed E-state index contributed by atoms with van der Waals surface area (Å²) in [7, 11) is 1.77. The molecular formula is C19H19F3N6O. The van der Waals surface area contributed by atoms with Crippen molar-refractivity contribution in [1.82, 2.24) is 19.9 Å². The van der Waals surface area contributed by atoms with Gasteiger partial charge in [-0.2, -0.15) is 13.2 Å². The first-order chi connectivity index (χ1) is 13.8. The largest absolute Gasteiger partial charge is 0.433 e. The first kappa shape index (κ1) is 20.5. The number of alkyl halides is 3. The highest BCUT2D eigenvalue weighted by Crippen LogP contribution is 2.29. The number of nitrogens with one attached hydrogen (secondary N) is 1. The van der Waals surface area contributed by atoms with E-state index in [9.17, 15) is 13.2 Å². The molecule has 0 bridgehead atoms. The zero-order chi connectivity index (χ0) is 21.0. The van der Waals surface area contributed by atoms with Crippen LogP contribution < -0.4 is 10.2 Å². The fourth-order valence-electron chi connectivity index (χ4n) is 2.65. The van der Waals surface area contributed by atoms with E-state index >= 15 is 0 Å². The number of hydrogen-bond donors (Lipinski definition) is 2. The normalized spacial score (nSPS) is 11.4. The lowest BCUT2D eigenvalue weighted by molar-refractivity contribution is -0.141. The summed E-state index contributed by atoms with van der Waals surface area (Å²) in [6, 6.07) is 6.26. The Bertz CT molecular complexity index is 978. The summed E-state index contributed by atoms with van der Waals surface area (Å²) in [5.74, 6) is 0.333. The van der Waals surface area contributed by atoms with Gasteiger partial charge in [0, 0.05) is 43.4 Å². The Hall–Kier alpha value is -3.27. The molecule has 0 radical (unpaired) electrons. The van der Waals surface area contributed by atoms with Gasteiger partial charge in [0.1, 0.15) is 5.69 Å². The quantitative estimate of drug-likeness (QED) is 0.651. The number of halogens is 3. The van der Waals surface area contributed by atoms with Crippen LogP contribution in [0.4, 0.5) is 30.8 Å². The molecule has 0 aliphatic heterocycles. The van der Waals surface area contributed by atoms with Gasteiger partial charge in [-0.3, -0.25) is 0 Å². The molecular weight excluding hydrogens is 385 g/mol. The molecule has 0 saturated heterocycles. The highest BCUT2D eigenvalue weighted by atomic mass is 19.4. The monoisotopic (exact) mass is 404 g/mol. The van der Waals surface area contributed by atoms with Crippen LogP contribution in [0, 0.1) is 6.92 Å². The number of rotatable bonds is 6. The highest BCUT2D eigenvalue weighted by molar-refractivity contribution is 5.70. The predicted molar refractivity (Wildman–Crippen MR) is 103 cm³/mol. The number of benzene rings is 1. The molecule has 2 heterocycles. The van der Waals surface area contributed by atoms with E-state index in [1.165, 1.54) is 0 Å². The molecule has 10 heteroatoms. The maximum absolute atomic E-state index is 12.8. The molecule has 0 fully saturated rings. The topological polar surface area (TPSA) is 87.1 Å². The number of aliphatic hydroxyl groups excluding tert-OH is 1. The zero-order valence-corrected chi connectivity index (χ0v) is 15.8. The second-order valence-corrected chi connectivity index (χ2v) is 6.39. The molecule has 7 nitrogen and oxygen atoms in total. The lowest BCUT2D eigenvalue weighted by atomic mass is 10.1. The number of likely N-dealkylation sites (N-methyl/N-ethyl adjacent to an activating group) is 1. The third-order valence-corrected chi connectivity index (χ3v) is 4.03. The van der Waals surface area contributed by atoms with Gasteiger partial charge in [-0.15, -0.1) is 0 Å². The molecule has 2 aromatic heterocycles. The van der Waals surface area contributed by atoms with Crippen molar-refractivity contribution in [3.63, 3.8) is 0 Å². The van der Waals surface area contributed by atoms with Crippen LogP contribution in [0.15, 0.2) is 42.9 Å². The number of aromatic nitrogens is 4. The minimum atomic E-state index is -4.54. The van der Waals surface area contributed by atoms with Crippen molar-refractivity contribution in [2.75, 3.05) is 30.4 Å². The summed E-state index contributed by atoms with van der Waals surface area (Å²) in [6.45, 7) is 2.27. The van der Waals surface area contributed by atoms with Crippen molar-refractivity contribution in [2.24, 2.45) is 0 Å². The molecule has 3 aromatic rings. The maximum Gasteiger partial charge on any atom is 0.433 e. The minimum absolute atomic E-state index is 0.00781. The summed E-state index contributed by atoms with van der Waals surface area (Å²) in [6.07, 6.45) is -0.186. The van der Waals surface area contributed by atoms with E-state index in [1.54, 1.807) is 36.5 Å². The summed E-state index contributed by atoms with van der Waals surface area (Å²) in [5.41, 5.74) is 1.94. The van der Waals surface area contributed by atoms with Gasteiger partial charge in [-0.05, 0) is 36.2 Å². The van der Waals surface area contributed by atoms with Crippen molar-refractivity contribution in [1.29, 1.82) is 0 Å². The molecule has 0 amide bonds. The average molecular weight is 404 g/mol. The van der Waals surface area contributed by atoms with Crippen molar-refractivity contribution in [3.05, 3.63) is 54.1 Å². The summed E-state index contributed by atoms with van der Waals surface area (Å²) in [4.78, 5) is 17.7. The van der Waals surface area contributed by atoms with Crippen molar-refractivity contribution in [3.8, 4) is 11.1 Å². The summed E-state index contributed by atoms with van der Waals surface area (Å²) >= 11 is 0. The Balaban J connectivity index is 1.85. The molecule has 29 heavy (non-hydrogen) atoms. The van der Waals surface area contributed by atoms with Gasteiger partial charge in [-0.1, -0.05) is 6.07 Å². The van der Waals surface area contributed by atoms with Crippen molar-refractivity contribution < 1.29 is 18.3 Å². The van der Waals surface area contributed by atoms with E-state index in [0.29, 0.717) is 18.2 Å². The third kappa shape index (κ3) is 5.17. The summed E-state index contributed by atoms with van der Waals surface area (Å²) < 4.78 is 38.5. The van der Waals surface area contributed by atoms with Gasteiger partial charge in [-0.25, -0.2) is 19.9 Å². The second-order valence-electron chi connectivity index (χ2n) is 6.39. The van der Waals surface area contributed by atoms with Gasteiger partial charge < -0.3 is 15.3 Å². The van der Waals surface area contributed by atoms with E-state index in [1.807, 2.05) is 13.0 Å². The van der Waals surface area contributed by atoms with E-state index in [-0.39, 0.29) is 12.6 Å². The number of nitrogens with zero attached hydrogens (tertiary/aromatic N) is 5. The van der Waals surface area contributed by atoms with Crippen molar-refractivity contribution in [2.45, 2.75) is 13.1 Å². The lowest BCUT2D eigenvalue weighted by Crippen LogP contribution is -2.23. The second kappa shape index (κ2) is 8.39. The van der Waals surface area contributed by atoms with Gasteiger partial charge in [0.2, 0.25) is 11.9 Å². The van der Waals surface area contributed by atoms with Gasteiger partial charge >= 0.3 is 6.18 Å². The SMILES string of the molecule is Cc1cc(Nc2nccc(C(F)(F)F)n2)cc(-c2cnc(N(C)CCO)nc2)c1. The van der Waals surface area contributed by atoms with E-state index < -0.39 is 11.9 Å². The van der Waals surface area contributed by atoms with Crippen LogP contribution in [0.1, 0.15) is 11.3 Å². The molecule has 0 spiro atoms. The molecule has 0 atom stereocenters. The van der Waals surface area contributed by atoms with Crippen LogP contribution in [-0.2, 0) is 6.18 Å². The number of aryl methyl sites for hydroxylation is 1. The van der Waals surface area contributed by atoms with E-state index in [2.05, 4.69) is 25.3 Å². The van der Waals surface area contributed by atoms with Gasteiger partial charge in [0.15, 0.2) is 0 Å². The first-order valence-corrected chi connectivity index (χ1v) is 8.69. The fraction of sp³-hybridized carbons (Fsp3) is 0.263. The number of aliphatic hydroxyl groups is 1. The molecule has 0 unspecified atom stereocenters. The van der Waals surface area contributed by atoms with Gasteiger partial charge in [0.05, 0.1) is 6.61 Å². The van der Waals surface area contributed by atoms with Gasteiger partial charge in [0.25, 0.3) is 0 Å². The lowest BCUT2D eigenvalue weighted by Gasteiger charge is -2.15. The van der Waals surface area contributed by atoms with Crippen LogP contribution in [0.2, 0.25) is 0 Å². The van der Waals surface area contributed by atoms with Crippen LogP contribution in [-0.4, -0.2) is 45.2 Å². The van der Waals surface area contributed by atoms with E-state index in [4.69, 9.17) is 5.11 Å². The Morgan fingerprint density at radius 1 is 1.07 bits per heavy atom. The molecule has 0 aliphatic rings. The van der Waals surface area contributed by atoms with Crippen LogP contribution in [0.5, 0.6) is 0 Å². The van der Waals surface area contributed by atoms with Crippen LogP contribution in [0.3, 0.4) is 0 Å². The molecule has 152 valence electrons. The Kier molecular flexibility index (Phi) is 5.92. The number of anilines is 3.